The van der Waals surface area contributed by atoms with Crippen LogP contribution >= 0.6 is 0 Å². The monoisotopic (exact) mass is 760 g/mol. The van der Waals surface area contributed by atoms with Gasteiger partial charge >= 0.3 is 514 Å². The maximum atomic E-state index is 0. The molecule has 0 aliphatic heterocycles. The molecule has 0 heterocycles. The van der Waals surface area contributed by atoms with Crippen molar-refractivity contribution in [1.82, 2.24) is 0 Å². The molecule has 0 radical (unpaired) electrons. The number of rotatable bonds is 0. The molecule has 0 unspecified atom stereocenters. The molecule has 0 aromatic rings. The molecule has 0 amide bonds. The van der Waals surface area contributed by atoms with Crippen LogP contribution in [0.5, 0.6) is 0 Å². The van der Waals surface area contributed by atoms with Crippen LogP contribution < -0.4 is 0 Å². The van der Waals surface area contributed by atoms with Gasteiger partial charge in [-0.1, -0.05) is 0 Å². The molecule has 0 aliphatic carbocycles. The molecule has 30 heavy (non-hydrogen) atoms. The van der Waals surface area contributed by atoms with Crippen LogP contribution in [0.1, 0.15) is 0 Å². The standard InChI is InChI=1S/10K.20H2O.10H/h;;;;;;;;;;20*1H2;;;;;;;;;;. The number of hydrogen-bond donors (Lipinski definition) is 0. The third-order valence-electron chi connectivity index (χ3n) is 0. The summed E-state index contributed by atoms with van der Waals surface area (Å²) in [6.07, 6.45) is 0. The Morgan fingerprint density at radius 2 is 0.0667 bits per heavy atom. The summed E-state index contributed by atoms with van der Waals surface area (Å²) < 4.78 is 0. The maximum absolute atomic E-state index is 0. The molecule has 0 spiro atoms. The molecule has 0 rings (SSSR count). The van der Waals surface area contributed by atoms with Crippen molar-refractivity contribution in [2.75, 3.05) is 0 Å². The predicted molar refractivity (Wildman–Crippen MR) is 144 cm³/mol. The van der Waals surface area contributed by atoms with E-state index in [9.17, 15) is 0 Å². The molecule has 20 nitrogen and oxygen atoms in total. The quantitative estimate of drug-likeness (QED) is 0.208. The summed E-state index contributed by atoms with van der Waals surface area (Å²) in [5.74, 6) is 0. The van der Waals surface area contributed by atoms with E-state index in [-0.39, 0.29) is 623 Å². The van der Waals surface area contributed by atoms with Crippen molar-refractivity contribution in [2.24, 2.45) is 0 Å². The molecular weight excluding hydrogens is 711 g/mol. The van der Waals surface area contributed by atoms with Gasteiger partial charge in [-0.25, -0.2) is 0 Å². The van der Waals surface area contributed by atoms with Crippen LogP contribution in [0.2, 0.25) is 0 Å². The van der Waals surface area contributed by atoms with E-state index in [0.717, 1.165) is 0 Å². The SMILES string of the molecule is O.O.O.O.O.O.O.O.O.O.O.O.O.O.O.O.O.O.O.O.[KH].[KH].[KH].[KH].[KH].[KH].[KH].[KH].[KH].[KH]. The summed E-state index contributed by atoms with van der Waals surface area (Å²) >= 11 is 0. The zero-order valence-corrected chi connectivity index (χ0v) is 10.0. The summed E-state index contributed by atoms with van der Waals surface area (Å²) in [6.45, 7) is 0. The Labute approximate surface area is 600 Å². The fourth-order valence-corrected chi connectivity index (χ4v) is 0. The van der Waals surface area contributed by atoms with Gasteiger partial charge in [0.15, 0.2) is 0 Å². The minimum absolute atomic E-state index is 0. The van der Waals surface area contributed by atoms with E-state index in [1.54, 1.807) is 0 Å². The topological polar surface area (TPSA) is 630 Å². The Morgan fingerprint density at radius 3 is 0.0667 bits per heavy atom. The Bertz CT molecular complexity index is 27.5. The van der Waals surface area contributed by atoms with Crippen molar-refractivity contribution in [2.45, 2.75) is 0 Å². The molecule has 0 aliphatic rings. The van der Waals surface area contributed by atoms with E-state index in [4.69, 9.17) is 0 Å². The second-order valence-electron chi connectivity index (χ2n) is 0. The normalized spacial score (nSPS) is 0. The average molecular weight is 761 g/mol. The second kappa shape index (κ2) is 349. The first-order valence-electron chi connectivity index (χ1n) is 0. The van der Waals surface area contributed by atoms with Gasteiger partial charge in [0.1, 0.15) is 0 Å². The Balaban J connectivity index is 0. The number of hydrogen-bond acceptors (Lipinski definition) is 0. The van der Waals surface area contributed by atoms with Gasteiger partial charge in [0.05, 0.1) is 0 Å². The van der Waals surface area contributed by atoms with Gasteiger partial charge in [-0.05, 0) is 0 Å². The summed E-state index contributed by atoms with van der Waals surface area (Å²) in [6, 6.07) is 0. The minimum atomic E-state index is 0. The van der Waals surface area contributed by atoms with Crippen molar-refractivity contribution in [3.05, 3.63) is 0 Å². The zero-order valence-electron chi connectivity index (χ0n) is 10.0. The van der Waals surface area contributed by atoms with E-state index < -0.39 is 0 Å². The summed E-state index contributed by atoms with van der Waals surface area (Å²) in [5.41, 5.74) is 0. The fraction of sp³-hybridized carbons (Fsp3) is 0. The van der Waals surface area contributed by atoms with Gasteiger partial charge < -0.3 is 110 Å². The van der Waals surface area contributed by atoms with Crippen molar-refractivity contribution in [3.8, 4) is 0 Å². The van der Waals surface area contributed by atoms with Crippen molar-refractivity contribution in [3.63, 3.8) is 0 Å². The van der Waals surface area contributed by atoms with E-state index in [0.29, 0.717) is 0 Å². The Morgan fingerprint density at radius 1 is 0.0667 bits per heavy atom. The van der Waals surface area contributed by atoms with Gasteiger partial charge in [0.25, 0.3) is 0 Å². The van der Waals surface area contributed by atoms with Crippen molar-refractivity contribution < 1.29 is 110 Å². The second-order valence-corrected chi connectivity index (χ2v) is 0. The molecule has 0 bridgehead atoms. The fourth-order valence-electron chi connectivity index (χ4n) is 0. The molecule has 0 saturated carbocycles. The predicted octanol–water partition coefficient (Wildman–Crippen LogP) is -23.0. The van der Waals surface area contributed by atoms with Gasteiger partial charge in [0, 0.05) is 0 Å². The van der Waals surface area contributed by atoms with Crippen LogP contribution in [0.15, 0.2) is 0 Å². The van der Waals surface area contributed by atoms with Gasteiger partial charge in [0.2, 0.25) is 0 Å². The summed E-state index contributed by atoms with van der Waals surface area (Å²) in [7, 11) is 0. The van der Waals surface area contributed by atoms with Gasteiger partial charge in [-0.15, -0.1) is 0 Å². The van der Waals surface area contributed by atoms with Crippen LogP contribution in [0.25, 0.3) is 0 Å². The molecule has 0 atom stereocenters. The zero-order chi connectivity index (χ0) is 0. The molecule has 0 aromatic heterocycles. The first-order chi connectivity index (χ1) is 0. The third kappa shape index (κ3) is 326. The molecule has 0 saturated heterocycles. The van der Waals surface area contributed by atoms with E-state index in [1.807, 2.05) is 0 Å². The first kappa shape index (κ1) is 374. The van der Waals surface area contributed by atoms with Crippen LogP contribution in [0.4, 0.5) is 0 Å². The van der Waals surface area contributed by atoms with Crippen LogP contribution in [-0.2, 0) is 0 Å². The van der Waals surface area contributed by atoms with Crippen molar-refractivity contribution in [1.29, 1.82) is 0 Å². The summed E-state index contributed by atoms with van der Waals surface area (Å²) in [5, 5.41) is 0. The van der Waals surface area contributed by atoms with Crippen molar-refractivity contribution >= 4 is 514 Å². The van der Waals surface area contributed by atoms with E-state index in [1.165, 1.54) is 0 Å². The third-order valence-corrected chi connectivity index (χ3v) is 0. The van der Waals surface area contributed by atoms with Crippen LogP contribution in [0, 0.1) is 0 Å². The van der Waals surface area contributed by atoms with Crippen LogP contribution in [-0.4, -0.2) is 623 Å². The van der Waals surface area contributed by atoms with Gasteiger partial charge in [-0.2, -0.15) is 0 Å². The van der Waals surface area contributed by atoms with E-state index >= 15 is 0 Å². The Kier molecular flexibility index (Phi) is 4350. The summed E-state index contributed by atoms with van der Waals surface area (Å²) in [4.78, 5) is 0. The van der Waals surface area contributed by atoms with E-state index in [2.05, 4.69) is 0 Å². The van der Waals surface area contributed by atoms with Crippen LogP contribution in [0.3, 0.4) is 0 Å². The molecule has 40 N–H and O–H groups in total. The Hall–Kier alpha value is 15.6. The average Bonchev–Trinajstić information content (AvgIpc) is 0. The molecule has 0 aromatic carbocycles. The molecule has 30 heteroatoms. The van der Waals surface area contributed by atoms with Gasteiger partial charge in [-0.3, -0.25) is 0 Å². The molecule has 0 fully saturated rings. The molecular formula is H50K10O20. The molecule has 180 valence electrons. The first-order valence-corrected chi connectivity index (χ1v) is 0.